The summed E-state index contributed by atoms with van der Waals surface area (Å²) in [6, 6.07) is 15.4. The number of benzene rings is 2. The van der Waals surface area contributed by atoms with E-state index in [-0.39, 0.29) is 5.56 Å². The fourth-order valence-corrected chi connectivity index (χ4v) is 3.98. The van der Waals surface area contributed by atoms with Crippen molar-refractivity contribution in [3.63, 3.8) is 0 Å². The molecule has 1 atom stereocenters. The number of alkyl halides is 3. The normalized spacial score (nSPS) is 12.4. The van der Waals surface area contributed by atoms with E-state index in [4.69, 9.17) is 4.74 Å². The highest BCUT2D eigenvalue weighted by Gasteiger charge is 2.31. The Labute approximate surface area is 210 Å². The lowest BCUT2D eigenvalue weighted by atomic mass is 10.0. The molecule has 1 amide bonds. The molecule has 0 fully saturated rings. The second kappa shape index (κ2) is 10.4. The van der Waals surface area contributed by atoms with Gasteiger partial charge < -0.3 is 15.0 Å². The van der Waals surface area contributed by atoms with Crippen molar-refractivity contribution in [2.45, 2.75) is 24.3 Å². The number of H-pyrrole nitrogens is 1. The zero-order valence-electron chi connectivity index (χ0n) is 19.1. The highest BCUT2D eigenvalue weighted by atomic mass is 32.1. The van der Waals surface area contributed by atoms with Crippen LogP contribution in [-0.4, -0.2) is 29.0 Å². The van der Waals surface area contributed by atoms with Crippen LogP contribution in [0.25, 0.3) is 11.0 Å². The SMILES string of the molecule is COC(=O)c1cc2cc(CCc3cccc(NC(=O)C(S)c4cccc(C(F)(F)F)c4)c3)cnc2[nH]1. The number of hydrogen-bond donors (Lipinski definition) is 3. The maximum absolute atomic E-state index is 13.0. The molecule has 2 aromatic heterocycles. The summed E-state index contributed by atoms with van der Waals surface area (Å²) in [6.45, 7) is 0. The lowest BCUT2D eigenvalue weighted by molar-refractivity contribution is -0.137. The molecule has 186 valence electrons. The molecule has 0 saturated carbocycles. The van der Waals surface area contributed by atoms with Gasteiger partial charge in [0, 0.05) is 17.3 Å². The quantitative estimate of drug-likeness (QED) is 0.217. The minimum atomic E-state index is -4.50. The summed E-state index contributed by atoms with van der Waals surface area (Å²) < 4.78 is 43.7. The van der Waals surface area contributed by atoms with Crippen LogP contribution in [0.15, 0.2) is 66.9 Å². The van der Waals surface area contributed by atoms with Crippen molar-refractivity contribution in [3.8, 4) is 0 Å². The summed E-state index contributed by atoms with van der Waals surface area (Å²) in [5.74, 6) is -0.997. The molecule has 10 heteroatoms. The monoisotopic (exact) mass is 513 g/mol. The summed E-state index contributed by atoms with van der Waals surface area (Å²) in [6.07, 6.45) is -1.45. The first kappa shape index (κ1) is 25.3. The number of rotatable bonds is 7. The van der Waals surface area contributed by atoms with Gasteiger partial charge in [-0.15, -0.1) is 0 Å². The van der Waals surface area contributed by atoms with Gasteiger partial charge in [0.15, 0.2) is 0 Å². The summed E-state index contributed by atoms with van der Waals surface area (Å²) in [5, 5.41) is 2.45. The molecule has 4 aromatic rings. The van der Waals surface area contributed by atoms with Gasteiger partial charge in [0.05, 0.1) is 12.7 Å². The third-order valence-electron chi connectivity index (χ3n) is 5.61. The fraction of sp³-hybridized carbons (Fsp3) is 0.192. The number of anilines is 1. The zero-order valence-corrected chi connectivity index (χ0v) is 20.0. The number of aromatic amines is 1. The summed E-state index contributed by atoms with van der Waals surface area (Å²) >= 11 is 4.23. The van der Waals surface area contributed by atoms with Crippen LogP contribution in [-0.2, 0) is 28.5 Å². The molecule has 2 N–H and O–H groups in total. The lowest BCUT2D eigenvalue weighted by Gasteiger charge is -2.15. The number of aromatic nitrogens is 2. The van der Waals surface area contributed by atoms with E-state index >= 15 is 0 Å². The number of carbonyl (C=O) groups is 2. The van der Waals surface area contributed by atoms with Crippen molar-refractivity contribution >= 4 is 41.2 Å². The first-order valence-corrected chi connectivity index (χ1v) is 11.5. The molecule has 2 heterocycles. The van der Waals surface area contributed by atoms with Crippen LogP contribution in [0.4, 0.5) is 18.9 Å². The van der Waals surface area contributed by atoms with Crippen molar-refractivity contribution in [2.75, 3.05) is 12.4 Å². The van der Waals surface area contributed by atoms with Crippen LogP contribution in [0.3, 0.4) is 0 Å². The summed E-state index contributed by atoms with van der Waals surface area (Å²) in [7, 11) is 1.31. The van der Waals surface area contributed by atoms with Gasteiger partial charge in [-0.1, -0.05) is 30.3 Å². The smallest absolute Gasteiger partial charge is 0.416 e. The molecule has 36 heavy (non-hydrogen) atoms. The Balaban J connectivity index is 1.41. The van der Waals surface area contributed by atoms with Gasteiger partial charge in [-0.3, -0.25) is 4.79 Å². The third-order valence-corrected chi connectivity index (χ3v) is 6.14. The average molecular weight is 514 g/mol. The van der Waals surface area contributed by atoms with Crippen LogP contribution < -0.4 is 5.32 Å². The number of halogens is 3. The molecular weight excluding hydrogens is 491 g/mol. The molecule has 6 nitrogen and oxygen atoms in total. The number of nitrogens with zero attached hydrogens (tertiary/aromatic N) is 1. The largest absolute Gasteiger partial charge is 0.464 e. The number of amides is 1. The Morgan fingerprint density at radius 2 is 1.81 bits per heavy atom. The molecule has 0 aliphatic rings. The van der Waals surface area contributed by atoms with Crippen LogP contribution in [0.5, 0.6) is 0 Å². The average Bonchev–Trinajstić information content (AvgIpc) is 3.30. The maximum Gasteiger partial charge on any atom is 0.416 e. The van der Waals surface area contributed by atoms with Crippen LogP contribution in [0, 0.1) is 0 Å². The highest BCUT2D eigenvalue weighted by molar-refractivity contribution is 7.81. The Kier molecular flexibility index (Phi) is 7.35. The van der Waals surface area contributed by atoms with Crippen molar-refractivity contribution in [3.05, 3.63) is 94.8 Å². The van der Waals surface area contributed by atoms with E-state index in [2.05, 4.69) is 27.9 Å². The number of hydrogen-bond acceptors (Lipinski definition) is 5. The predicted molar refractivity (Wildman–Crippen MR) is 133 cm³/mol. The summed E-state index contributed by atoms with van der Waals surface area (Å²) in [4.78, 5) is 31.6. The van der Waals surface area contributed by atoms with E-state index in [9.17, 15) is 22.8 Å². The third kappa shape index (κ3) is 5.88. The van der Waals surface area contributed by atoms with Crippen LogP contribution in [0.2, 0.25) is 0 Å². The number of pyridine rings is 1. The number of aryl methyl sites for hydroxylation is 2. The van der Waals surface area contributed by atoms with E-state index in [1.165, 1.54) is 19.2 Å². The van der Waals surface area contributed by atoms with Gasteiger partial charge in [0.1, 0.15) is 16.6 Å². The molecule has 2 aromatic carbocycles. The minimum absolute atomic E-state index is 0.157. The van der Waals surface area contributed by atoms with Crippen molar-refractivity contribution in [1.29, 1.82) is 0 Å². The van der Waals surface area contributed by atoms with Gasteiger partial charge in [-0.2, -0.15) is 25.8 Å². The predicted octanol–water partition coefficient (Wildman–Crippen LogP) is 5.76. The molecule has 1 unspecified atom stereocenters. The number of fused-ring (bicyclic) bond motifs is 1. The highest BCUT2D eigenvalue weighted by Crippen LogP contribution is 2.32. The van der Waals surface area contributed by atoms with Gasteiger partial charge >= 0.3 is 12.1 Å². The van der Waals surface area contributed by atoms with Crippen molar-refractivity contribution in [2.24, 2.45) is 0 Å². The fourth-order valence-electron chi connectivity index (χ4n) is 3.76. The van der Waals surface area contributed by atoms with Crippen molar-refractivity contribution < 1.29 is 27.5 Å². The molecule has 0 aliphatic heterocycles. The first-order valence-electron chi connectivity index (χ1n) is 10.9. The van der Waals surface area contributed by atoms with E-state index in [1.807, 2.05) is 18.2 Å². The summed E-state index contributed by atoms with van der Waals surface area (Å²) in [5.41, 5.74) is 2.68. The number of methoxy groups -OCH3 is 1. The second-order valence-corrected chi connectivity index (χ2v) is 8.69. The molecular formula is C26H22F3N3O3S. The lowest BCUT2D eigenvalue weighted by Crippen LogP contribution is -2.18. The van der Waals surface area contributed by atoms with E-state index in [0.717, 1.165) is 28.6 Å². The van der Waals surface area contributed by atoms with E-state index in [0.29, 0.717) is 29.9 Å². The Morgan fingerprint density at radius 1 is 1.06 bits per heavy atom. The maximum atomic E-state index is 13.0. The van der Waals surface area contributed by atoms with E-state index in [1.54, 1.807) is 24.4 Å². The Bertz CT molecular complexity index is 1420. The topological polar surface area (TPSA) is 84.1 Å². The van der Waals surface area contributed by atoms with Crippen LogP contribution >= 0.6 is 12.6 Å². The van der Waals surface area contributed by atoms with Gasteiger partial charge in [-0.05, 0) is 59.9 Å². The number of thiol groups is 1. The standard InChI is InChI=1S/C26H22F3N3O3S/c1-35-25(34)21-13-18-10-16(14-30-23(18)32-21)9-8-15-4-2-7-20(11-15)31-24(33)22(36)17-5-3-6-19(12-17)26(27,28)29/h2-7,10-14,22,36H,8-9H2,1H3,(H,30,32)(H,31,33). The Morgan fingerprint density at radius 3 is 2.56 bits per heavy atom. The Hall–Kier alpha value is -3.79. The number of nitrogens with one attached hydrogen (secondary N) is 2. The van der Waals surface area contributed by atoms with Crippen LogP contribution in [0.1, 0.15) is 38.0 Å². The molecule has 0 aliphatic carbocycles. The molecule has 0 bridgehead atoms. The van der Waals surface area contributed by atoms with Gasteiger partial charge in [-0.25, -0.2) is 9.78 Å². The first-order chi connectivity index (χ1) is 17.1. The molecule has 0 radical (unpaired) electrons. The van der Waals surface area contributed by atoms with E-state index < -0.39 is 28.9 Å². The molecule has 4 rings (SSSR count). The molecule has 0 spiro atoms. The van der Waals surface area contributed by atoms with Crippen molar-refractivity contribution in [1.82, 2.24) is 9.97 Å². The molecule has 0 saturated heterocycles. The number of ether oxygens (including phenoxy) is 1. The van der Waals surface area contributed by atoms with Gasteiger partial charge in [0.2, 0.25) is 5.91 Å². The zero-order chi connectivity index (χ0) is 25.9. The minimum Gasteiger partial charge on any atom is -0.464 e. The second-order valence-electron chi connectivity index (χ2n) is 8.17. The number of carbonyl (C=O) groups excluding carboxylic acids is 2. The van der Waals surface area contributed by atoms with Gasteiger partial charge in [0.25, 0.3) is 0 Å². The number of esters is 1.